The zero-order chi connectivity index (χ0) is 28.9. The fourth-order valence-corrected chi connectivity index (χ4v) is 7.67. The highest BCUT2D eigenvalue weighted by Gasteiger charge is 2.72. The summed E-state index contributed by atoms with van der Waals surface area (Å²) >= 11 is 0. The van der Waals surface area contributed by atoms with E-state index in [1.165, 1.54) is 0 Å². The van der Waals surface area contributed by atoms with Crippen molar-refractivity contribution < 1.29 is 23.9 Å². The Morgan fingerprint density at radius 3 is 2.59 bits per heavy atom. The van der Waals surface area contributed by atoms with Crippen molar-refractivity contribution in [1.82, 2.24) is 15.1 Å². The molecular weight excluding hydrogens is 520 g/mol. The lowest BCUT2D eigenvalue weighted by atomic mass is 9.73. The van der Waals surface area contributed by atoms with Crippen molar-refractivity contribution in [1.29, 1.82) is 0 Å². The van der Waals surface area contributed by atoms with Gasteiger partial charge in [0.15, 0.2) is 0 Å². The first-order chi connectivity index (χ1) is 19.7. The van der Waals surface area contributed by atoms with Crippen molar-refractivity contribution in [3.8, 4) is 0 Å². The number of carbonyl (C=O) groups excluding carboxylic acids is 3. The van der Waals surface area contributed by atoms with Gasteiger partial charge in [-0.15, -0.1) is 0 Å². The van der Waals surface area contributed by atoms with E-state index in [1.807, 2.05) is 44.2 Å². The number of likely N-dealkylation sites (tertiary alicyclic amines) is 1. The molecule has 9 nitrogen and oxygen atoms in total. The van der Waals surface area contributed by atoms with Crippen LogP contribution in [-0.4, -0.2) is 90.7 Å². The van der Waals surface area contributed by atoms with E-state index in [1.54, 1.807) is 4.90 Å². The van der Waals surface area contributed by atoms with E-state index < -0.39 is 29.6 Å². The number of rotatable bonds is 7. The third-order valence-electron chi connectivity index (χ3n) is 10.5. The van der Waals surface area contributed by atoms with E-state index in [0.29, 0.717) is 43.8 Å². The van der Waals surface area contributed by atoms with Gasteiger partial charge in [0.1, 0.15) is 11.6 Å². The van der Waals surface area contributed by atoms with E-state index in [0.717, 1.165) is 43.5 Å². The van der Waals surface area contributed by atoms with Gasteiger partial charge in [-0.05, 0) is 55.4 Å². The predicted molar refractivity (Wildman–Crippen MR) is 155 cm³/mol. The molecule has 1 spiro atoms. The molecule has 3 saturated heterocycles. The molecule has 4 aliphatic heterocycles. The number of morpholine rings is 1. The van der Waals surface area contributed by atoms with E-state index in [-0.39, 0.29) is 23.8 Å². The molecule has 41 heavy (non-hydrogen) atoms. The number of aryl methyl sites for hydroxylation is 2. The SMILES string of the molecule is Cc1ccc(NC(=O)C2C3C=CC4(O3)C2C(=O)N(CCN2CCOCC2)C4C(=O)NC2CCCC(C)C2C)cc1C. The molecule has 9 heteroatoms. The van der Waals surface area contributed by atoms with Crippen LogP contribution in [0.3, 0.4) is 0 Å². The normalized spacial score (nSPS) is 36.4. The van der Waals surface area contributed by atoms with Gasteiger partial charge in [0.25, 0.3) is 0 Å². The van der Waals surface area contributed by atoms with Crippen molar-refractivity contribution in [2.75, 3.05) is 44.7 Å². The molecule has 1 aliphatic carbocycles. The van der Waals surface area contributed by atoms with Crippen molar-refractivity contribution in [2.24, 2.45) is 23.7 Å². The molecule has 2 N–H and O–H groups in total. The minimum Gasteiger partial charge on any atom is -0.379 e. The Hall–Kier alpha value is -2.75. The number of benzene rings is 1. The van der Waals surface area contributed by atoms with Gasteiger partial charge in [0.2, 0.25) is 17.7 Å². The Morgan fingerprint density at radius 1 is 1.05 bits per heavy atom. The van der Waals surface area contributed by atoms with Gasteiger partial charge in [-0.2, -0.15) is 0 Å². The second-order valence-electron chi connectivity index (χ2n) is 12.9. The average molecular weight is 565 g/mol. The highest BCUT2D eigenvalue weighted by atomic mass is 16.5. The van der Waals surface area contributed by atoms with E-state index in [2.05, 4.69) is 29.4 Å². The van der Waals surface area contributed by atoms with Crippen LogP contribution >= 0.6 is 0 Å². The molecule has 4 fully saturated rings. The van der Waals surface area contributed by atoms with Crippen LogP contribution in [0.2, 0.25) is 0 Å². The molecule has 5 aliphatic rings. The molecule has 0 aromatic heterocycles. The molecule has 4 heterocycles. The summed E-state index contributed by atoms with van der Waals surface area (Å²) in [7, 11) is 0. The van der Waals surface area contributed by atoms with Gasteiger partial charge < -0.3 is 25.0 Å². The third kappa shape index (κ3) is 5.00. The largest absolute Gasteiger partial charge is 0.379 e. The summed E-state index contributed by atoms with van der Waals surface area (Å²) in [6.07, 6.45) is 6.41. The van der Waals surface area contributed by atoms with Crippen LogP contribution in [0.1, 0.15) is 44.2 Å². The molecule has 8 unspecified atom stereocenters. The second kappa shape index (κ2) is 11.2. The summed E-state index contributed by atoms with van der Waals surface area (Å²) in [6.45, 7) is 12.5. The van der Waals surface area contributed by atoms with E-state index in [4.69, 9.17) is 9.47 Å². The number of ether oxygens (including phenoxy) is 2. The van der Waals surface area contributed by atoms with Gasteiger partial charge in [-0.1, -0.05) is 44.9 Å². The molecule has 1 aromatic carbocycles. The van der Waals surface area contributed by atoms with Crippen LogP contribution < -0.4 is 10.6 Å². The van der Waals surface area contributed by atoms with Crippen LogP contribution in [0.25, 0.3) is 0 Å². The lowest BCUT2D eigenvalue weighted by molar-refractivity contribution is -0.142. The zero-order valence-corrected chi connectivity index (χ0v) is 24.7. The maximum Gasteiger partial charge on any atom is 0.246 e. The first kappa shape index (κ1) is 28.4. The van der Waals surface area contributed by atoms with Crippen LogP contribution in [0.4, 0.5) is 5.69 Å². The number of hydrogen-bond acceptors (Lipinski definition) is 6. The van der Waals surface area contributed by atoms with Gasteiger partial charge >= 0.3 is 0 Å². The monoisotopic (exact) mass is 564 g/mol. The smallest absolute Gasteiger partial charge is 0.246 e. The zero-order valence-electron chi connectivity index (χ0n) is 24.7. The fraction of sp³-hybridized carbons (Fsp3) is 0.656. The summed E-state index contributed by atoms with van der Waals surface area (Å²) in [5, 5.41) is 6.37. The van der Waals surface area contributed by atoms with E-state index in [9.17, 15) is 14.4 Å². The molecule has 2 bridgehead atoms. The van der Waals surface area contributed by atoms with Crippen LogP contribution in [-0.2, 0) is 23.9 Å². The Kier molecular flexibility index (Phi) is 7.72. The fourth-order valence-electron chi connectivity index (χ4n) is 7.67. The number of carbonyl (C=O) groups is 3. The van der Waals surface area contributed by atoms with E-state index >= 15 is 0 Å². The Morgan fingerprint density at radius 2 is 1.83 bits per heavy atom. The lowest BCUT2D eigenvalue weighted by Gasteiger charge is -2.38. The number of nitrogens with one attached hydrogen (secondary N) is 2. The summed E-state index contributed by atoms with van der Waals surface area (Å²) in [4.78, 5) is 46.1. The molecular formula is C32H44N4O5. The molecule has 8 atom stereocenters. The van der Waals surface area contributed by atoms with Crippen LogP contribution in [0.15, 0.2) is 30.4 Å². The van der Waals surface area contributed by atoms with Crippen molar-refractivity contribution >= 4 is 23.4 Å². The van der Waals surface area contributed by atoms with Gasteiger partial charge in [0, 0.05) is 37.9 Å². The number of nitrogens with zero attached hydrogens (tertiary/aromatic N) is 2. The van der Waals surface area contributed by atoms with Gasteiger partial charge in [-0.3, -0.25) is 19.3 Å². The predicted octanol–water partition coefficient (Wildman–Crippen LogP) is 2.67. The lowest BCUT2D eigenvalue weighted by Crippen LogP contribution is -2.58. The Bertz CT molecular complexity index is 1230. The molecule has 6 rings (SSSR count). The Balaban J connectivity index is 1.27. The summed E-state index contributed by atoms with van der Waals surface area (Å²) in [6, 6.07) is 5.05. The number of fused-ring (bicyclic) bond motifs is 1. The molecule has 3 amide bonds. The Labute approximate surface area is 243 Å². The maximum atomic E-state index is 14.2. The standard InChI is InChI=1S/C32H44N4O5/c1-19-8-9-23(18-21(19)3)33-29(37)26-25-10-11-32(41-25)27(26)31(39)36(13-12-35-14-16-40-17-15-35)28(32)30(38)34-24-7-5-6-20(2)22(24)4/h8-11,18,20,22,24-28H,5-7,12-17H2,1-4H3,(H,33,37)(H,34,38). The number of amides is 3. The molecule has 1 aromatic rings. The van der Waals surface area contributed by atoms with Gasteiger partial charge in [0.05, 0.1) is 31.2 Å². The topological polar surface area (TPSA) is 100 Å². The first-order valence-corrected chi connectivity index (χ1v) is 15.4. The second-order valence-corrected chi connectivity index (χ2v) is 12.9. The van der Waals surface area contributed by atoms with Crippen molar-refractivity contribution in [3.63, 3.8) is 0 Å². The molecule has 1 saturated carbocycles. The maximum absolute atomic E-state index is 14.2. The van der Waals surface area contributed by atoms with Crippen molar-refractivity contribution in [3.05, 3.63) is 41.5 Å². The number of anilines is 1. The molecule has 222 valence electrons. The average Bonchev–Trinajstić information content (AvgIpc) is 3.60. The highest BCUT2D eigenvalue weighted by molar-refractivity contribution is 6.02. The quantitative estimate of drug-likeness (QED) is 0.494. The van der Waals surface area contributed by atoms with Gasteiger partial charge in [-0.25, -0.2) is 0 Å². The summed E-state index contributed by atoms with van der Waals surface area (Å²) in [5.74, 6) is -1.15. The first-order valence-electron chi connectivity index (χ1n) is 15.4. The summed E-state index contributed by atoms with van der Waals surface area (Å²) < 4.78 is 12.0. The van der Waals surface area contributed by atoms with Crippen LogP contribution in [0, 0.1) is 37.5 Å². The third-order valence-corrected chi connectivity index (χ3v) is 10.5. The molecule has 0 radical (unpaired) electrons. The minimum absolute atomic E-state index is 0.0596. The summed E-state index contributed by atoms with van der Waals surface area (Å²) in [5.41, 5.74) is 1.78. The van der Waals surface area contributed by atoms with Crippen LogP contribution in [0.5, 0.6) is 0 Å². The minimum atomic E-state index is -1.15. The van der Waals surface area contributed by atoms with Crippen molar-refractivity contribution in [2.45, 2.75) is 70.7 Å². The number of hydrogen-bond donors (Lipinski definition) is 2. The highest BCUT2D eigenvalue weighted by Crippen LogP contribution is 2.55.